The van der Waals surface area contributed by atoms with E-state index in [4.69, 9.17) is 4.74 Å². The zero-order valence-electron chi connectivity index (χ0n) is 9.14. The van der Waals surface area contributed by atoms with Gasteiger partial charge in [-0.2, -0.15) is 0 Å². The first kappa shape index (κ1) is 10.4. The fraction of sp³-hybridized carbons (Fsp3) is 0.500. The average Bonchev–Trinajstić information content (AvgIpc) is 2.71. The second-order valence-corrected chi connectivity index (χ2v) is 4.03. The molecule has 2 rings (SSSR count). The third-order valence-corrected chi connectivity index (χ3v) is 3.01. The van der Waals surface area contributed by atoms with Crippen molar-refractivity contribution in [2.24, 2.45) is 0 Å². The largest absolute Gasteiger partial charge is 0.496 e. The molecule has 1 aliphatic heterocycles. The van der Waals surface area contributed by atoms with Gasteiger partial charge in [0.2, 0.25) is 0 Å². The molecule has 15 heavy (non-hydrogen) atoms. The first-order chi connectivity index (χ1) is 7.22. The van der Waals surface area contributed by atoms with E-state index in [0.29, 0.717) is 5.92 Å². The van der Waals surface area contributed by atoms with E-state index in [1.54, 1.807) is 13.2 Å². The average molecular weight is 209 g/mol. The third-order valence-electron chi connectivity index (χ3n) is 3.01. The summed E-state index contributed by atoms with van der Waals surface area (Å²) in [5.74, 6) is 0.958. The van der Waals surface area contributed by atoms with Gasteiger partial charge < -0.3 is 10.1 Å². The zero-order valence-corrected chi connectivity index (χ0v) is 9.14. The van der Waals surface area contributed by atoms with E-state index in [9.17, 15) is 4.39 Å². The van der Waals surface area contributed by atoms with Crippen LogP contribution in [0.1, 0.15) is 23.5 Å². The van der Waals surface area contributed by atoms with Gasteiger partial charge >= 0.3 is 0 Å². The van der Waals surface area contributed by atoms with Gasteiger partial charge in [0.1, 0.15) is 11.6 Å². The van der Waals surface area contributed by atoms with Crippen molar-refractivity contribution in [3.05, 3.63) is 29.1 Å². The lowest BCUT2D eigenvalue weighted by Crippen LogP contribution is -2.09. The van der Waals surface area contributed by atoms with Crippen molar-refractivity contribution in [2.75, 3.05) is 20.2 Å². The summed E-state index contributed by atoms with van der Waals surface area (Å²) >= 11 is 0. The Morgan fingerprint density at radius 3 is 2.87 bits per heavy atom. The Morgan fingerprint density at radius 1 is 1.47 bits per heavy atom. The van der Waals surface area contributed by atoms with E-state index >= 15 is 0 Å². The molecule has 0 aromatic heterocycles. The summed E-state index contributed by atoms with van der Waals surface area (Å²) in [7, 11) is 1.62. The van der Waals surface area contributed by atoms with Crippen molar-refractivity contribution in [1.82, 2.24) is 5.32 Å². The van der Waals surface area contributed by atoms with Gasteiger partial charge in [-0.05, 0) is 43.1 Å². The molecule has 1 atom stereocenters. The highest BCUT2D eigenvalue weighted by atomic mass is 19.1. The molecule has 1 aliphatic rings. The molecule has 0 bridgehead atoms. The van der Waals surface area contributed by atoms with Crippen molar-refractivity contribution < 1.29 is 9.13 Å². The molecule has 3 heteroatoms. The second-order valence-electron chi connectivity index (χ2n) is 4.03. The molecule has 1 heterocycles. The summed E-state index contributed by atoms with van der Waals surface area (Å²) in [4.78, 5) is 0. The van der Waals surface area contributed by atoms with Crippen molar-refractivity contribution in [3.8, 4) is 5.75 Å². The Hall–Kier alpha value is -1.09. The minimum Gasteiger partial charge on any atom is -0.496 e. The number of hydrogen-bond acceptors (Lipinski definition) is 2. The van der Waals surface area contributed by atoms with Crippen LogP contribution >= 0.6 is 0 Å². The van der Waals surface area contributed by atoms with Crippen LogP contribution in [0.4, 0.5) is 4.39 Å². The van der Waals surface area contributed by atoms with Gasteiger partial charge in [-0.15, -0.1) is 0 Å². The van der Waals surface area contributed by atoms with Crippen molar-refractivity contribution in [3.63, 3.8) is 0 Å². The fourth-order valence-corrected chi connectivity index (χ4v) is 2.12. The van der Waals surface area contributed by atoms with Crippen LogP contribution in [0.2, 0.25) is 0 Å². The number of hydrogen-bond donors (Lipinski definition) is 1. The minimum atomic E-state index is -0.109. The molecule has 0 radical (unpaired) electrons. The number of ether oxygens (including phenoxy) is 1. The Kier molecular flexibility index (Phi) is 2.91. The lowest BCUT2D eigenvalue weighted by atomic mass is 9.96. The van der Waals surface area contributed by atoms with E-state index in [1.165, 1.54) is 0 Å². The molecule has 1 aromatic rings. The van der Waals surface area contributed by atoms with Gasteiger partial charge in [0.05, 0.1) is 7.11 Å². The monoisotopic (exact) mass is 209 g/mol. The maximum Gasteiger partial charge on any atom is 0.127 e. The van der Waals surface area contributed by atoms with Crippen LogP contribution in [0.3, 0.4) is 0 Å². The van der Waals surface area contributed by atoms with Crippen LogP contribution < -0.4 is 10.1 Å². The molecular weight excluding hydrogens is 193 g/mol. The Balaban J connectivity index is 2.37. The normalized spacial score (nSPS) is 20.6. The van der Waals surface area contributed by atoms with Gasteiger partial charge in [0, 0.05) is 12.5 Å². The molecule has 1 unspecified atom stereocenters. The van der Waals surface area contributed by atoms with E-state index in [1.807, 2.05) is 13.0 Å². The maximum atomic E-state index is 13.7. The molecule has 82 valence electrons. The predicted octanol–water partition coefficient (Wildman–Crippen LogP) is 2.22. The molecule has 1 fully saturated rings. The fourth-order valence-electron chi connectivity index (χ4n) is 2.12. The standard InChI is InChI=1S/C12H16FNO/c1-8-5-11(13)10(6-12(8)15-2)9-3-4-14-7-9/h5-6,9,14H,3-4,7H2,1-2H3. The highest BCUT2D eigenvalue weighted by Crippen LogP contribution is 2.30. The lowest BCUT2D eigenvalue weighted by molar-refractivity contribution is 0.408. The molecule has 0 spiro atoms. The first-order valence-corrected chi connectivity index (χ1v) is 5.27. The number of aryl methyl sites for hydroxylation is 1. The lowest BCUT2D eigenvalue weighted by Gasteiger charge is -2.13. The second kappa shape index (κ2) is 4.19. The van der Waals surface area contributed by atoms with Crippen molar-refractivity contribution >= 4 is 0 Å². The molecule has 0 aliphatic carbocycles. The summed E-state index contributed by atoms with van der Waals surface area (Å²) in [5.41, 5.74) is 1.63. The summed E-state index contributed by atoms with van der Waals surface area (Å²) < 4.78 is 18.9. The van der Waals surface area contributed by atoms with Gasteiger partial charge in [-0.25, -0.2) is 4.39 Å². The highest BCUT2D eigenvalue weighted by molar-refractivity contribution is 5.39. The predicted molar refractivity (Wildman–Crippen MR) is 57.9 cm³/mol. The highest BCUT2D eigenvalue weighted by Gasteiger charge is 2.21. The Bertz CT molecular complexity index is 359. The molecule has 1 saturated heterocycles. The topological polar surface area (TPSA) is 21.3 Å². The molecule has 1 aromatic carbocycles. The van der Waals surface area contributed by atoms with Gasteiger partial charge in [0.15, 0.2) is 0 Å². The number of nitrogens with one attached hydrogen (secondary N) is 1. The van der Waals surface area contributed by atoms with E-state index in [0.717, 1.165) is 36.4 Å². The first-order valence-electron chi connectivity index (χ1n) is 5.27. The molecule has 0 amide bonds. The number of methoxy groups -OCH3 is 1. The summed E-state index contributed by atoms with van der Waals surface area (Å²) in [6.45, 7) is 3.70. The Morgan fingerprint density at radius 2 is 2.27 bits per heavy atom. The molecule has 1 N–H and O–H groups in total. The number of halogens is 1. The minimum absolute atomic E-state index is 0.109. The van der Waals surface area contributed by atoms with Crippen LogP contribution in [-0.2, 0) is 0 Å². The number of benzene rings is 1. The van der Waals surface area contributed by atoms with Crippen molar-refractivity contribution in [1.29, 1.82) is 0 Å². The summed E-state index contributed by atoms with van der Waals surface area (Å²) in [5, 5.41) is 3.24. The third kappa shape index (κ3) is 1.97. The number of rotatable bonds is 2. The SMILES string of the molecule is COc1cc(C2CCNC2)c(F)cc1C. The van der Waals surface area contributed by atoms with E-state index in [2.05, 4.69) is 5.32 Å². The van der Waals surface area contributed by atoms with Crippen LogP contribution in [0.5, 0.6) is 5.75 Å². The zero-order chi connectivity index (χ0) is 10.8. The Labute approximate surface area is 89.4 Å². The summed E-state index contributed by atoms with van der Waals surface area (Å²) in [6, 6.07) is 3.40. The van der Waals surface area contributed by atoms with Crippen molar-refractivity contribution in [2.45, 2.75) is 19.3 Å². The van der Waals surface area contributed by atoms with Crippen LogP contribution in [0.15, 0.2) is 12.1 Å². The smallest absolute Gasteiger partial charge is 0.127 e. The maximum absolute atomic E-state index is 13.7. The molecule has 2 nitrogen and oxygen atoms in total. The van der Waals surface area contributed by atoms with Crippen LogP contribution in [-0.4, -0.2) is 20.2 Å². The molecular formula is C12H16FNO. The molecule has 0 saturated carbocycles. The van der Waals surface area contributed by atoms with Gasteiger partial charge in [0.25, 0.3) is 0 Å². The van der Waals surface area contributed by atoms with Crippen LogP contribution in [0.25, 0.3) is 0 Å². The van der Waals surface area contributed by atoms with Gasteiger partial charge in [-0.3, -0.25) is 0 Å². The van der Waals surface area contributed by atoms with E-state index < -0.39 is 0 Å². The summed E-state index contributed by atoms with van der Waals surface area (Å²) in [6.07, 6.45) is 1.00. The van der Waals surface area contributed by atoms with E-state index in [-0.39, 0.29) is 5.82 Å². The van der Waals surface area contributed by atoms with Gasteiger partial charge in [-0.1, -0.05) is 0 Å². The quantitative estimate of drug-likeness (QED) is 0.806. The van der Waals surface area contributed by atoms with Crippen LogP contribution in [0, 0.1) is 12.7 Å².